The van der Waals surface area contributed by atoms with Crippen LogP contribution in [0.2, 0.25) is 5.02 Å². The number of carboxylic acids is 1. The van der Waals surface area contributed by atoms with Crippen LogP contribution in [0.4, 0.5) is 8.78 Å². The van der Waals surface area contributed by atoms with E-state index < -0.39 is 40.3 Å². The van der Waals surface area contributed by atoms with E-state index in [1.807, 2.05) is 0 Å². The van der Waals surface area contributed by atoms with E-state index in [0.717, 1.165) is 0 Å². The van der Waals surface area contributed by atoms with Crippen LogP contribution in [0.1, 0.15) is 18.0 Å². The van der Waals surface area contributed by atoms with Crippen molar-refractivity contribution in [3.8, 4) is 5.75 Å². The highest BCUT2D eigenvalue weighted by Crippen LogP contribution is 2.38. The molecule has 1 saturated heterocycles. The summed E-state index contributed by atoms with van der Waals surface area (Å²) in [6.07, 6.45) is 0.0690. The number of aliphatic carboxylic acids is 1. The molecule has 0 aliphatic carbocycles. The predicted octanol–water partition coefficient (Wildman–Crippen LogP) is 2.06. The van der Waals surface area contributed by atoms with Crippen molar-refractivity contribution in [3.63, 3.8) is 0 Å². The van der Waals surface area contributed by atoms with E-state index in [-0.39, 0.29) is 18.5 Å². The Morgan fingerprint density at radius 2 is 2.17 bits per heavy atom. The highest BCUT2D eigenvalue weighted by molar-refractivity contribution is 6.30. The fourth-order valence-corrected chi connectivity index (χ4v) is 2.26. The summed E-state index contributed by atoms with van der Waals surface area (Å²) in [5.74, 6) is -4.51. The lowest BCUT2D eigenvalue weighted by atomic mass is 9.98. The third kappa shape index (κ3) is 2.13. The number of phenolic OH excluding ortho intramolecular Hbond substituents is 1. The maximum Gasteiger partial charge on any atom is 0.307 e. The monoisotopic (exact) mass is 277 g/mol. The van der Waals surface area contributed by atoms with E-state index in [1.54, 1.807) is 0 Å². The number of carbonyl (C=O) groups is 1. The van der Waals surface area contributed by atoms with Crippen molar-refractivity contribution in [1.29, 1.82) is 0 Å². The first-order valence-corrected chi connectivity index (χ1v) is 5.62. The highest BCUT2D eigenvalue weighted by atomic mass is 35.5. The molecular weight excluding hydrogens is 268 g/mol. The van der Waals surface area contributed by atoms with Crippen LogP contribution in [0.3, 0.4) is 0 Å². The average molecular weight is 278 g/mol. The van der Waals surface area contributed by atoms with Crippen LogP contribution in [-0.2, 0) is 4.79 Å². The Hall–Kier alpha value is -1.40. The molecule has 7 heteroatoms. The Morgan fingerprint density at radius 3 is 2.72 bits per heavy atom. The van der Waals surface area contributed by atoms with Crippen LogP contribution in [0.5, 0.6) is 5.75 Å². The maximum atomic E-state index is 13.8. The van der Waals surface area contributed by atoms with Crippen LogP contribution >= 0.6 is 11.6 Å². The van der Waals surface area contributed by atoms with Crippen LogP contribution in [0.25, 0.3) is 0 Å². The average Bonchev–Trinajstić information content (AvgIpc) is 2.76. The van der Waals surface area contributed by atoms with Crippen molar-refractivity contribution in [1.82, 2.24) is 5.32 Å². The molecule has 4 nitrogen and oxygen atoms in total. The van der Waals surface area contributed by atoms with E-state index in [0.29, 0.717) is 6.07 Å². The summed E-state index contributed by atoms with van der Waals surface area (Å²) in [5.41, 5.74) is -0.316. The molecule has 1 fully saturated rings. The third-order valence-corrected chi connectivity index (χ3v) is 3.28. The summed E-state index contributed by atoms with van der Waals surface area (Å²) in [5, 5.41) is 20.6. The Bertz CT molecular complexity index is 483. The lowest BCUT2D eigenvalue weighted by Crippen LogP contribution is -2.18. The molecular formula is C11H10ClF2NO3. The van der Waals surface area contributed by atoms with Gasteiger partial charge in [0.1, 0.15) is 5.82 Å². The van der Waals surface area contributed by atoms with Crippen molar-refractivity contribution in [2.75, 3.05) is 6.54 Å². The Kier molecular flexibility index (Phi) is 3.41. The fourth-order valence-electron chi connectivity index (χ4n) is 2.07. The topological polar surface area (TPSA) is 69.6 Å². The summed E-state index contributed by atoms with van der Waals surface area (Å²) < 4.78 is 27.1. The summed E-state index contributed by atoms with van der Waals surface area (Å²) in [6, 6.07) is -0.0846. The largest absolute Gasteiger partial charge is 0.505 e. The van der Waals surface area contributed by atoms with Gasteiger partial charge in [-0.1, -0.05) is 11.6 Å². The lowest BCUT2D eigenvalue weighted by molar-refractivity contribution is -0.141. The molecule has 1 aliphatic rings. The second-order valence-corrected chi connectivity index (χ2v) is 4.56. The number of halogens is 3. The van der Waals surface area contributed by atoms with Gasteiger partial charge in [-0.25, -0.2) is 8.78 Å². The first kappa shape index (κ1) is 13.0. The molecule has 0 bridgehead atoms. The molecule has 18 heavy (non-hydrogen) atoms. The molecule has 3 N–H and O–H groups in total. The molecule has 0 aromatic heterocycles. The number of hydrogen-bond donors (Lipinski definition) is 3. The van der Waals surface area contributed by atoms with Gasteiger partial charge in [0, 0.05) is 12.6 Å². The summed E-state index contributed by atoms with van der Waals surface area (Å²) in [6.45, 7) is 0.132. The Balaban J connectivity index is 2.38. The number of phenols is 1. The van der Waals surface area contributed by atoms with Gasteiger partial charge in [0.25, 0.3) is 0 Å². The van der Waals surface area contributed by atoms with Gasteiger partial charge in [0.2, 0.25) is 0 Å². The summed E-state index contributed by atoms with van der Waals surface area (Å²) in [4.78, 5) is 10.8. The quantitative estimate of drug-likeness (QED) is 0.724. The molecule has 1 aliphatic heterocycles. The first-order chi connectivity index (χ1) is 8.41. The van der Waals surface area contributed by atoms with Gasteiger partial charge in [0.05, 0.1) is 16.5 Å². The van der Waals surface area contributed by atoms with Crippen molar-refractivity contribution in [2.45, 2.75) is 12.5 Å². The van der Waals surface area contributed by atoms with Crippen LogP contribution in [0.15, 0.2) is 6.07 Å². The smallest absolute Gasteiger partial charge is 0.307 e. The molecule has 1 aromatic rings. The van der Waals surface area contributed by atoms with Crippen molar-refractivity contribution in [3.05, 3.63) is 28.3 Å². The SMILES string of the molecule is O=C(O)C1CNC(c2c(O)c(F)cc(Cl)c2F)C1. The minimum Gasteiger partial charge on any atom is -0.505 e. The molecule has 0 spiro atoms. The highest BCUT2D eigenvalue weighted by Gasteiger charge is 2.34. The predicted molar refractivity (Wildman–Crippen MR) is 59.5 cm³/mol. The van der Waals surface area contributed by atoms with Crippen LogP contribution in [-0.4, -0.2) is 22.7 Å². The number of hydrogen-bond acceptors (Lipinski definition) is 3. The molecule has 0 radical (unpaired) electrons. The van der Waals surface area contributed by atoms with Gasteiger partial charge in [-0.2, -0.15) is 0 Å². The number of carboxylic acid groups (broad SMARTS) is 1. The van der Waals surface area contributed by atoms with Crippen molar-refractivity contribution >= 4 is 17.6 Å². The van der Waals surface area contributed by atoms with Gasteiger partial charge < -0.3 is 15.5 Å². The molecule has 2 unspecified atom stereocenters. The van der Waals surface area contributed by atoms with Crippen LogP contribution in [0, 0.1) is 17.6 Å². The van der Waals surface area contributed by atoms with E-state index in [1.165, 1.54) is 0 Å². The van der Waals surface area contributed by atoms with Crippen molar-refractivity contribution in [2.24, 2.45) is 5.92 Å². The van der Waals surface area contributed by atoms with Gasteiger partial charge in [-0.15, -0.1) is 0 Å². The molecule has 98 valence electrons. The van der Waals surface area contributed by atoms with Crippen molar-refractivity contribution < 1.29 is 23.8 Å². The lowest BCUT2D eigenvalue weighted by Gasteiger charge is -2.15. The van der Waals surface area contributed by atoms with E-state index >= 15 is 0 Å². The Morgan fingerprint density at radius 1 is 1.50 bits per heavy atom. The molecule has 2 atom stereocenters. The zero-order valence-electron chi connectivity index (χ0n) is 9.08. The normalized spacial score (nSPS) is 23.3. The summed E-state index contributed by atoms with van der Waals surface area (Å²) in [7, 11) is 0. The molecule has 2 rings (SSSR count). The Labute approximate surface area is 106 Å². The number of aromatic hydroxyl groups is 1. The van der Waals surface area contributed by atoms with Crippen LogP contribution < -0.4 is 5.32 Å². The standard InChI is InChI=1S/C11H10ClF2NO3/c12-5-2-6(13)10(16)8(9(5)14)7-1-4(3-15-7)11(17)18/h2,4,7,15-16H,1,3H2,(H,17,18). The number of benzene rings is 1. The molecule has 0 saturated carbocycles. The second-order valence-electron chi connectivity index (χ2n) is 4.15. The van der Waals surface area contributed by atoms with Gasteiger partial charge in [-0.05, 0) is 12.5 Å². The first-order valence-electron chi connectivity index (χ1n) is 5.24. The van der Waals surface area contributed by atoms with E-state index in [9.17, 15) is 18.7 Å². The molecule has 1 heterocycles. The van der Waals surface area contributed by atoms with Gasteiger partial charge >= 0.3 is 5.97 Å². The molecule has 0 amide bonds. The van der Waals surface area contributed by atoms with Gasteiger partial charge in [0.15, 0.2) is 11.6 Å². The minimum atomic E-state index is -1.03. The number of rotatable bonds is 2. The molecule has 1 aromatic carbocycles. The van der Waals surface area contributed by atoms with E-state index in [2.05, 4.69) is 5.32 Å². The van der Waals surface area contributed by atoms with E-state index in [4.69, 9.17) is 16.7 Å². The second kappa shape index (κ2) is 4.70. The van der Waals surface area contributed by atoms with Gasteiger partial charge in [-0.3, -0.25) is 4.79 Å². The number of nitrogens with one attached hydrogen (secondary N) is 1. The minimum absolute atomic E-state index is 0.0690. The zero-order valence-corrected chi connectivity index (χ0v) is 9.84. The third-order valence-electron chi connectivity index (χ3n) is 3.01. The summed E-state index contributed by atoms with van der Waals surface area (Å²) >= 11 is 5.50. The fraction of sp³-hybridized carbons (Fsp3) is 0.364. The zero-order chi connectivity index (χ0) is 13.4. The maximum absolute atomic E-state index is 13.8.